The van der Waals surface area contributed by atoms with Crippen molar-refractivity contribution in [3.63, 3.8) is 0 Å². The van der Waals surface area contributed by atoms with Gasteiger partial charge in [-0.1, -0.05) is 0 Å². The van der Waals surface area contributed by atoms with Crippen LogP contribution in [0.25, 0.3) is 0 Å². The van der Waals surface area contributed by atoms with Crippen molar-refractivity contribution in [3.05, 3.63) is 18.0 Å². The van der Waals surface area contributed by atoms with Crippen molar-refractivity contribution in [2.75, 3.05) is 19.6 Å². The largest absolute Gasteiger partial charge is 0.480 e. The predicted molar refractivity (Wildman–Crippen MR) is 92.9 cm³/mol. The molecule has 1 amide bonds. The molecule has 0 unspecified atom stereocenters. The number of amides is 1. The first-order chi connectivity index (χ1) is 11.9. The summed E-state index contributed by atoms with van der Waals surface area (Å²) in [6.07, 6.45) is 7.43. The van der Waals surface area contributed by atoms with Gasteiger partial charge in [-0.15, -0.1) is 0 Å². The van der Waals surface area contributed by atoms with Gasteiger partial charge >= 0.3 is 5.97 Å². The molecule has 138 valence electrons. The fraction of sp³-hybridized carbons (Fsp3) is 0.722. The highest BCUT2D eigenvalue weighted by Gasteiger charge is 2.43. The quantitative estimate of drug-likeness (QED) is 0.874. The number of carboxylic acids is 1. The van der Waals surface area contributed by atoms with Gasteiger partial charge in [-0.2, -0.15) is 5.10 Å². The fourth-order valence-corrected chi connectivity index (χ4v) is 4.04. The molecule has 2 aliphatic heterocycles. The van der Waals surface area contributed by atoms with Gasteiger partial charge in [0.15, 0.2) is 0 Å². The highest BCUT2D eigenvalue weighted by molar-refractivity contribution is 5.84. The summed E-state index contributed by atoms with van der Waals surface area (Å²) in [7, 11) is 0. The Morgan fingerprint density at radius 1 is 1.36 bits per heavy atom. The minimum atomic E-state index is -0.921. The number of likely N-dealkylation sites (tertiary alicyclic amines) is 2. The third-order valence-electron chi connectivity index (χ3n) is 5.85. The Kier molecular flexibility index (Phi) is 5.13. The van der Waals surface area contributed by atoms with Gasteiger partial charge in [0.25, 0.3) is 0 Å². The molecule has 1 aromatic rings. The van der Waals surface area contributed by atoms with Crippen LogP contribution in [-0.4, -0.2) is 62.2 Å². The molecule has 7 heteroatoms. The van der Waals surface area contributed by atoms with Crippen LogP contribution < -0.4 is 0 Å². The lowest BCUT2D eigenvalue weighted by atomic mass is 9.72. The van der Waals surface area contributed by atoms with Crippen molar-refractivity contribution in [1.29, 1.82) is 0 Å². The molecule has 1 spiro atoms. The van der Waals surface area contributed by atoms with Crippen LogP contribution in [0, 0.1) is 5.41 Å². The average molecular weight is 348 g/mol. The van der Waals surface area contributed by atoms with E-state index < -0.39 is 12.0 Å². The summed E-state index contributed by atoms with van der Waals surface area (Å²) < 4.78 is 1.94. The van der Waals surface area contributed by atoms with Gasteiger partial charge in [0.2, 0.25) is 5.91 Å². The van der Waals surface area contributed by atoms with Gasteiger partial charge in [-0.25, -0.2) is 4.79 Å². The first-order valence-electron chi connectivity index (χ1n) is 9.18. The number of carbonyl (C=O) groups is 2. The van der Waals surface area contributed by atoms with Crippen molar-refractivity contribution in [1.82, 2.24) is 19.6 Å². The number of carbonyl (C=O) groups excluding carboxylic acids is 1. The van der Waals surface area contributed by atoms with Gasteiger partial charge in [0.05, 0.1) is 6.20 Å². The summed E-state index contributed by atoms with van der Waals surface area (Å²) in [6.45, 7) is 8.04. The lowest BCUT2D eigenvalue weighted by molar-refractivity contribution is -0.155. The molecule has 0 radical (unpaired) electrons. The summed E-state index contributed by atoms with van der Waals surface area (Å²) >= 11 is 0. The van der Waals surface area contributed by atoms with Crippen molar-refractivity contribution < 1.29 is 14.7 Å². The van der Waals surface area contributed by atoms with Crippen molar-refractivity contribution in [2.45, 2.75) is 58.7 Å². The van der Waals surface area contributed by atoms with Crippen molar-refractivity contribution in [3.8, 4) is 0 Å². The standard InChI is InChI=1S/C18H28N4O3/c1-3-21-12-15(10-19-21)11-20-8-6-18(7-9-20)5-4-16(23)22(13-18)14(2)17(24)25/h10,12,14H,3-9,11,13H2,1-2H3,(H,24,25)/t14-/m0/s1. The molecule has 3 rings (SSSR count). The van der Waals surface area contributed by atoms with E-state index in [-0.39, 0.29) is 11.3 Å². The Balaban J connectivity index is 1.58. The molecule has 1 aromatic heterocycles. The molecule has 1 atom stereocenters. The van der Waals surface area contributed by atoms with Crippen LogP contribution in [0.1, 0.15) is 45.1 Å². The minimum absolute atomic E-state index is 0.0186. The molecule has 2 saturated heterocycles. The topological polar surface area (TPSA) is 78.7 Å². The van der Waals surface area contributed by atoms with E-state index in [4.69, 9.17) is 0 Å². The predicted octanol–water partition coefficient (Wildman–Crippen LogP) is 1.58. The molecular weight excluding hydrogens is 320 g/mol. The third kappa shape index (κ3) is 3.86. The Bertz CT molecular complexity index is 634. The normalized spacial score (nSPS) is 22.3. The summed E-state index contributed by atoms with van der Waals surface area (Å²) in [6, 6.07) is -0.734. The van der Waals surface area contributed by atoms with Gasteiger partial charge in [-0.3, -0.25) is 14.4 Å². The maximum absolute atomic E-state index is 12.1. The number of aryl methyl sites for hydroxylation is 1. The molecule has 2 fully saturated rings. The zero-order valence-corrected chi connectivity index (χ0v) is 15.1. The maximum Gasteiger partial charge on any atom is 0.326 e. The lowest BCUT2D eigenvalue weighted by Gasteiger charge is -2.48. The highest BCUT2D eigenvalue weighted by Crippen LogP contribution is 2.41. The van der Waals surface area contributed by atoms with Gasteiger partial charge in [0.1, 0.15) is 6.04 Å². The summed E-state index contributed by atoms with van der Waals surface area (Å²) in [5, 5.41) is 13.6. The SMILES string of the molecule is CCn1cc(CN2CCC3(CCC(=O)N([C@@H](C)C(=O)O)C3)CC2)cn1. The number of hydrogen-bond acceptors (Lipinski definition) is 4. The second-order valence-corrected chi connectivity index (χ2v) is 7.52. The monoisotopic (exact) mass is 348 g/mol. The van der Waals surface area contributed by atoms with Crippen LogP contribution in [0.4, 0.5) is 0 Å². The molecule has 1 N–H and O–H groups in total. The number of rotatable bonds is 5. The number of piperidine rings is 2. The average Bonchev–Trinajstić information content (AvgIpc) is 3.06. The number of nitrogens with zero attached hydrogens (tertiary/aromatic N) is 4. The molecule has 0 aliphatic carbocycles. The van der Waals surface area contributed by atoms with E-state index >= 15 is 0 Å². The first-order valence-corrected chi connectivity index (χ1v) is 9.18. The Morgan fingerprint density at radius 2 is 2.08 bits per heavy atom. The first kappa shape index (κ1) is 17.9. The summed E-state index contributed by atoms with van der Waals surface area (Å²) in [5.74, 6) is -0.939. The molecule has 25 heavy (non-hydrogen) atoms. The number of hydrogen-bond donors (Lipinski definition) is 1. The van der Waals surface area contributed by atoms with E-state index in [1.807, 2.05) is 10.9 Å². The Labute approximate surface area is 148 Å². The summed E-state index contributed by atoms with van der Waals surface area (Å²) in [5.41, 5.74) is 1.32. The molecular formula is C18H28N4O3. The molecule has 0 saturated carbocycles. The van der Waals surface area contributed by atoms with E-state index in [1.165, 1.54) is 5.56 Å². The van der Waals surface area contributed by atoms with Crippen LogP contribution in [0.5, 0.6) is 0 Å². The van der Waals surface area contributed by atoms with Crippen LogP contribution in [0.15, 0.2) is 12.4 Å². The minimum Gasteiger partial charge on any atom is -0.480 e. The van der Waals surface area contributed by atoms with E-state index in [2.05, 4.69) is 23.1 Å². The van der Waals surface area contributed by atoms with Crippen LogP contribution >= 0.6 is 0 Å². The van der Waals surface area contributed by atoms with Gasteiger partial charge < -0.3 is 10.0 Å². The van der Waals surface area contributed by atoms with E-state index in [0.29, 0.717) is 13.0 Å². The van der Waals surface area contributed by atoms with Crippen LogP contribution in [0.2, 0.25) is 0 Å². The van der Waals surface area contributed by atoms with E-state index in [9.17, 15) is 14.7 Å². The second kappa shape index (κ2) is 7.15. The number of aliphatic carboxylic acids is 1. The zero-order chi connectivity index (χ0) is 18.0. The highest BCUT2D eigenvalue weighted by atomic mass is 16.4. The van der Waals surface area contributed by atoms with Crippen LogP contribution in [-0.2, 0) is 22.7 Å². The molecule has 7 nitrogen and oxygen atoms in total. The Hall–Kier alpha value is -1.89. The molecule has 2 aliphatic rings. The number of carboxylic acid groups (broad SMARTS) is 1. The van der Waals surface area contributed by atoms with E-state index in [1.54, 1.807) is 11.8 Å². The summed E-state index contributed by atoms with van der Waals surface area (Å²) in [4.78, 5) is 27.4. The molecule has 0 bridgehead atoms. The Morgan fingerprint density at radius 3 is 2.68 bits per heavy atom. The second-order valence-electron chi connectivity index (χ2n) is 7.52. The fourth-order valence-electron chi connectivity index (χ4n) is 4.04. The van der Waals surface area contributed by atoms with Crippen molar-refractivity contribution in [2.24, 2.45) is 5.41 Å². The van der Waals surface area contributed by atoms with E-state index in [0.717, 1.165) is 45.4 Å². The lowest BCUT2D eigenvalue weighted by Crippen LogP contribution is -2.55. The van der Waals surface area contributed by atoms with Crippen LogP contribution in [0.3, 0.4) is 0 Å². The molecule has 3 heterocycles. The maximum atomic E-state index is 12.1. The zero-order valence-electron chi connectivity index (χ0n) is 15.1. The third-order valence-corrected chi connectivity index (χ3v) is 5.85. The van der Waals surface area contributed by atoms with Crippen molar-refractivity contribution >= 4 is 11.9 Å². The number of aromatic nitrogens is 2. The smallest absolute Gasteiger partial charge is 0.326 e. The molecule has 0 aromatic carbocycles. The van der Waals surface area contributed by atoms with Gasteiger partial charge in [-0.05, 0) is 51.6 Å². The van der Waals surface area contributed by atoms with Gasteiger partial charge in [0, 0.05) is 37.8 Å².